The molecule has 96 valence electrons. The Kier molecular flexibility index (Phi) is 5.21. The van der Waals surface area contributed by atoms with Crippen molar-refractivity contribution in [3.05, 3.63) is 0 Å². The maximum atomic E-state index is 11.2. The summed E-state index contributed by atoms with van der Waals surface area (Å²) >= 11 is 0. The van der Waals surface area contributed by atoms with E-state index in [0.29, 0.717) is 17.5 Å². The second-order valence-electron chi connectivity index (χ2n) is 4.98. The van der Waals surface area contributed by atoms with Crippen LogP contribution in [-0.2, 0) is 9.84 Å². The average Bonchev–Trinajstić information content (AvgIpc) is 2.52. The molecule has 0 aromatic rings. The predicted molar refractivity (Wildman–Crippen MR) is 67.4 cm³/mol. The molecule has 4 nitrogen and oxygen atoms in total. The highest BCUT2D eigenvalue weighted by Crippen LogP contribution is 2.10. The van der Waals surface area contributed by atoms with E-state index in [0.717, 1.165) is 25.9 Å². The molecule has 0 aromatic carbocycles. The van der Waals surface area contributed by atoms with E-state index < -0.39 is 9.84 Å². The lowest BCUT2D eigenvalue weighted by atomic mass is 10.2. The first kappa shape index (κ1) is 13.9. The van der Waals surface area contributed by atoms with Crippen LogP contribution in [0.3, 0.4) is 0 Å². The van der Waals surface area contributed by atoms with Crippen molar-refractivity contribution in [3.8, 4) is 0 Å². The fourth-order valence-electron chi connectivity index (χ4n) is 1.85. The Morgan fingerprint density at radius 2 is 2.12 bits per heavy atom. The third-order valence-electron chi connectivity index (χ3n) is 3.23. The lowest BCUT2D eigenvalue weighted by Gasteiger charge is -2.21. The Bertz CT molecular complexity index is 301. The lowest BCUT2D eigenvalue weighted by molar-refractivity contribution is 0.268. The standard InChI is InChI=1S/C11H24N2O2S/c1-10(2)13(3)7-4-6-12-11-5-8-16(14,15)9-11/h10-12H,4-9H2,1-3H3. The normalized spacial score (nSPS) is 24.4. The highest BCUT2D eigenvalue weighted by atomic mass is 32.2. The van der Waals surface area contributed by atoms with E-state index in [1.165, 1.54) is 0 Å². The Balaban J connectivity index is 2.09. The zero-order valence-corrected chi connectivity index (χ0v) is 11.4. The van der Waals surface area contributed by atoms with Gasteiger partial charge < -0.3 is 10.2 Å². The molecule has 1 saturated heterocycles. The van der Waals surface area contributed by atoms with Crippen molar-refractivity contribution >= 4 is 9.84 Å². The summed E-state index contributed by atoms with van der Waals surface area (Å²) in [7, 11) is -0.620. The van der Waals surface area contributed by atoms with Gasteiger partial charge in [0.25, 0.3) is 0 Å². The third-order valence-corrected chi connectivity index (χ3v) is 5.00. The monoisotopic (exact) mass is 248 g/mol. The summed E-state index contributed by atoms with van der Waals surface area (Å²) in [6.45, 7) is 6.33. The molecule has 0 bridgehead atoms. The topological polar surface area (TPSA) is 49.4 Å². The van der Waals surface area contributed by atoms with Gasteiger partial charge >= 0.3 is 0 Å². The zero-order valence-electron chi connectivity index (χ0n) is 10.6. The van der Waals surface area contributed by atoms with Gasteiger partial charge in [-0.05, 0) is 46.8 Å². The minimum absolute atomic E-state index is 0.189. The molecule has 1 aliphatic heterocycles. The number of rotatable bonds is 6. The van der Waals surface area contributed by atoms with Gasteiger partial charge in [0.15, 0.2) is 9.84 Å². The van der Waals surface area contributed by atoms with E-state index in [4.69, 9.17) is 0 Å². The van der Waals surface area contributed by atoms with Crippen LogP contribution in [0.15, 0.2) is 0 Å². The van der Waals surface area contributed by atoms with Gasteiger partial charge in [0.1, 0.15) is 0 Å². The van der Waals surface area contributed by atoms with Crippen LogP contribution in [0.25, 0.3) is 0 Å². The van der Waals surface area contributed by atoms with E-state index in [1.807, 2.05) is 0 Å². The lowest BCUT2D eigenvalue weighted by Crippen LogP contribution is -2.34. The fraction of sp³-hybridized carbons (Fsp3) is 1.00. The minimum Gasteiger partial charge on any atom is -0.313 e. The quantitative estimate of drug-likeness (QED) is 0.695. The summed E-state index contributed by atoms with van der Waals surface area (Å²) in [5.41, 5.74) is 0. The molecule has 0 aliphatic carbocycles. The van der Waals surface area contributed by atoms with Gasteiger partial charge in [-0.15, -0.1) is 0 Å². The molecule has 1 unspecified atom stereocenters. The molecule has 0 aromatic heterocycles. The first-order valence-corrected chi connectivity index (χ1v) is 7.87. The summed E-state index contributed by atoms with van der Waals surface area (Å²) in [4.78, 5) is 2.30. The molecule has 1 aliphatic rings. The molecule has 1 atom stereocenters. The number of nitrogens with zero attached hydrogens (tertiary/aromatic N) is 1. The van der Waals surface area contributed by atoms with Gasteiger partial charge in [0.2, 0.25) is 0 Å². The number of sulfone groups is 1. The maximum absolute atomic E-state index is 11.2. The van der Waals surface area contributed by atoms with Crippen molar-refractivity contribution in [2.24, 2.45) is 0 Å². The molecule has 0 spiro atoms. The molecular weight excluding hydrogens is 224 g/mol. The molecule has 16 heavy (non-hydrogen) atoms. The molecule has 0 amide bonds. The summed E-state index contributed by atoms with van der Waals surface area (Å²) in [6, 6.07) is 0.765. The number of hydrogen-bond donors (Lipinski definition) is 1. The van der Waals surface area contributed by atoms with Gasteiger partial charge in [0, 0.05) is 12.1 Å². The molecule has 1 heterocycles. The van der Waals surface area contributed by atoms with Gasteiger partial charge in [-0.25, -0.2) is 8.42 Å². The third kappa shape index (κ3) is 4.80. The highest BCUT2D eigenvalue weighted by Gasteiger charge is 2.26. The summed E-state index contributed by atoms with van der Waals surface area (Å²) in [5.74, 6) is 0.684. The van der Waals surface area contributed by atoms with Crippen molar-refractivity contribution in [1.29, 1.82) is 0 Å². The second-order valence-corrected chi connectivity index (χ2v) is 7.21. The Morgan fingerprint density at radius 3 is 2.62 bits per heavy atom. The molecular formula is C11H24N2O2S. The highest BCUT2D eigenvalue weighted by molar-refractivity contribution is 7.91. The van der Waals surface area contributed by atoms with E-state index in [9.17, 15) is 8.42 Å². The van der Waals surface area contributed by atoms with Crippen molar-refractivity contribution in [2.45, 2.75) is 38.8 Å². The molecule has 1 fully saturated rings. The zero-order chi connectivity index (χ0) is 12.2. The van der Waals surface area contributed by atoms with Crippen LogP contribution in [0, 0.1) is 0 Å². The molecule has 1 rings (SSSR count). The summed E-state index contributed by atoms with van der Waals surface area (Å²) in [6.07, 6.45) is 1.85. The molecule has 0 saturated carbocycles. The van der Waals surface area contributed by atoms with Crippen LogP contribution in [0.1, 0.15) is 26.7 Å². The number of nitrogens with one attached hydrogen (secondary N) is 1. The first-order chi connectivity index (χ1) is 7.41. The van der Waals surface area contributed by atoms with Crippen LogP contribution >= 0.6 is 0 Å². The van der Waals surface area contributed by atoms with Gasteiger partial charge in [-0.2, -0.15) is 0 Å². The molecule has 5 heteroatoms. The van der Waals surface area contributed by atoms with E-state index >= 15 is 0 Å². The maximum Gasteiger partial charge on any atom is 0.151 e. The fourth-order valence-corrected chi connectivity index (χ4v) is 3.56. The minimum atomic E-state index is -2.74. The van der Waals surface area contributed by atoms with Gasteiger partial charge in [0.05, 0.1) is 11.5 Å². The van der Waals surface area contributed by atoms with E-state index in [-0.39, 0.29) is 6.04 Å². The summed E-state index contributed by atoms with van der Waals surface area (Å²) < 4.78 is 22.4. The molecule has 1 N–H and O–H groups in total. The molecule has 0 radical (unpaired) electrons. The van der Waals surface area contributed by atoms with Crippen molar-refractivity contribution in [2.75, 3.05) is 31.6 Å². The van der Waals surface area contributed by atoms with Crippen molar-refractivity contribution in [1.82, 2.24) is 10.2 Å². The van der Waals surface area contributed by atoms with Crippen LogP contribution in [0.2, 0.25) is 0 Å². The smallest absolute Gasteiger partial charge is 0.151 e. The van der Waals surface area contributed by atoms with Crippen LogP contribution in [-0.4, -0.2) is 57.0 Å². The Labute approximate surface area is 99.3 Å². The van der Waals surface area contributed by atoms with Crippen molar-refractivity contribution in [3.63, 3.8) is 0 Å². The van der Waals surface area contributed by atoms with Crippen molar-refractivity contribution < 1.29 is 8.42 Å². The SMILES string of the molecule is CC(C)N(C)CCCNC1CCS(=O)(=O)C1. The van der Waals surface area contributed by atoms with Crippen LogP contribution < -0.4 is 5.32 Å². The Hall–Kier alpha value is -0.130. The first-order valence-electron chi connectivity index (χ1n) is 6.05. The van der Waals surface area contributed by atoms with Gasteiger partial charge in [-0.3, -0.25) is 0 Å². The van der Waals surface area contributed by atoms with Crippen LogP contribution in [0.5, 0.6) is 0 Å². The summed E-state index contributed by atoms with van der Waals surface area (Å²) in [5, 5.41) is 3.33. The van der Waals surface area contributed by atoms with Gasteiger partial charge in [-0.1, -0.05) is 0 Å². The second kappa shape index (κ2) is 5.98. The average molecular weight is 248 g/mol. The number of hydrogen-bond acceptors (Lipinski definition) is 4. The van der Waals surface area contributed by atoms with E-state index in [1.54, 1.807) is 0 Å². The largest absolute Gasteiger partial charge is 0.313 e. The predicted octanol–water partition coefficient (Wildman–Crippen LogP) is 0.493. The van der Waals surface area contributed by atoms with E-state index in [2.05, 4.69) is 31.1 Å². The Morgan fingerprint density at radius 1 is 1.44 bits per heavy atom. The van der Waals surface area contributed by atoms with Crippen LogP contribution in [0.4, 0.5) is 0 Å².